The van der Waals surface area contributed by atoms with E-state index in [0.29, 0.717) is 0 Å². The third kappa shape index (κ3) is 1.49. The van der Waals surface area contributed by atoms with Gasteiger partial charge in [-0.1, -0.05) is 0 Å². The number of hydrogen-bond donors (Lipinski definition) is 0. The van der Waals surface area contributed by atoms with Gasteiger partial charge in [-0.05, 0) is 34.1 Å². The SMILES string of the molecule is Brc1ccc(-c2cnn3cccnc23)cn1. The fraction of sp³-hybridized carbons (Fsp3) is 0. The molecule has 16 heavy (non-hydrogen) atoms. The standard InChI is InChI=1S/C11H7BrN4/c12-10-3-2-8(6-14-10)9-7-15-16-5-1-4-13-11(9)16/h1-7H. The summed E-state index contributed by atoms with van der Waals surface area (Å²) in [4.78, 5) is 8.49. The molecule has 0 saturated carbocycles. The summed E-state index contributed by atoms with van der Waals surface area (Å²) in [5.41, 5.74) is 2.84. The number of fused-ring (bicyclic) bond motifs is 1. The Morgan fingerprint density at radius 1 is 1.12 bits per heavy atom. The molecule has 0 spiro atoms. The number of halogens is 1. The van der Waals surface area contributed by atoms with Gasteiger partial charge < -0.3 is 0 Å². The summed E-state index contributed by atoms with van der Waals surface area (Å²) in [5, 5.41) is 4.23. The van der Waals surface area contributed by atoms with E-state index in [-0.39, 0.29) is 0 Å². The molecular formula is C11H7BrN4. The van der Waals surface area contributed by atoms with Gasteiger partial charge in [0.25, 0.3) is 0 Å². The third-order valence-corrected chi connectivity index (χ3v) is 2.79. The topological polar surface area (TPSA) is 43.1 Å². The van der Waals surface area contributed by atoms with E-state index in [9.17, 15) is 0 Å². The molecule has 3 aromatic rings. The molecule has 78 valence electrons. The Morgan fingerprint density at radius 3 is 2.88 bits per heavy atom. The van der Waals surface area contributed by atoms with E-state index < -0.39 is 0 Å². The number of aromatic nitrogens is 4. The van der Waals surface area contributed by atoms with Crippen molar-refractivity contribution in [1.82, 2.24) is 19.6 Å². The van der Waals surface area contributed by atoms with Crippen LogP contribution in [0.4, 0.5) is 0 Å². The molecule has 0 aliphatic heterocycles. The highest BCUT2D eigenvalue weighted by Crippen LogP contribution is 2.22. The largest absolute Gasteiger partial charge is 0.249 e. The van der Waals surface area contributed by atoms with Gasteiger partial charge in [-0.3, -0.25) is 0 Å². The molecule has 0 aromatic carbocycles. The first-order valence-electron chi connectivity index (χ1n) is 4.75. The molecule has 0 radical (unpaired) electrons. The van der Waals surface area contributed by atoms with Crippen LogP contribution in [-0.4, -0.2) is 19.6 Å². The molecule has 0 bridgehead atoms. The van der Waals surface area contributed by atoms with Gasteiger partial charge in [0, 0.05) is 29.7 Å². The van der Waals surface area contributed by atoms with Crippen molar-refractivity contribution in [2.75, 3.05) is 0 Å². The Labute approximate surface area is 100 Å². The number of rotatable bonds is 1. The first-order chi connectivity index (χ1) is 7.84. The van der Waals surface area contributed by atoms with Crippen LogP contribution in [0.2, 0.25) is 0 Å². The second-order valence-electron chi connectivity index (χ2n) is 3.32. The van der Waals surface area contributed by atoms with E-state index >= 15 is 0 Å². The lowest BCUT2D eigenvalue weighted by Crippen LogP contribution is -1.87. The lowest BCUT2D eigenvalue weighted by molar-refractivity contribution is 0.939. The summed E-state index contributed by atoms with van der Waals surface area (Å²) >= 11 is 3.31. The zero-order valence-corrected chi connectivity index (χ0v) is 9.79. The van der Waals surface area contributed by atoms with E-state index in [4.69, 9.17) is 0 Å². The first kappa shape index (κ1) is 9.47. The van der Waals surface area contributed by atoms with E-state index in [0.717, 1.165) is 21.4 Å². The predicted octanol–water partition coefficient (Wildman–Crippen LogP) is 2.55. The zero-order valence-electron chi connectivity index (χ0n) is 8.21. The fourth-order valence-corrected chi connectivity index (χ4v) is 1.80. The minimum atomic E-state index is 0.820. The maximum Gasteiger partial charge on any atom is 0.162 e. The molecule has 3 heterocycles. The second-order valence-corrected chi connectivity index (χ2v) is 4.13. The molecule has 0 saturated heterocycles. The average Bonchev–Trinajstić information content (AvgIpc) is 2.74. The minimum absolute atomic E-state index is 0.820. The highest BCUT2D eigenvalue weighted by molar-refractivity contribution is 9.10. The summed E-state index contributed by atoms with van der Waals surface area (Å²) in [6.45, 7) is 0. The van der Waals surface area contributed by atoms with Crippen LogP contribution in [-0.2, 0) is 0 Å². The average molecular weight is 275 g/mol. The highest BCUT2D eigenvalue weighted by atomic mass is 79.9. The van der Waals surface area contributed by atoms with Crippen LogP contribution in [0.5, 0.6) is 0 Å². The smallest absolute Gasteiger partial charge is 0.162 e. The summed E-state index contributed by atoms with van der Waals surface area (Å²) in [5.74, 6) is 0. The molecule has 5 heteroatoms. The summed E-state index contributed by atoms with van der Waals surface area (Å²) in [7, 11) is 0. The molecule has 0 unspecified atom stereocenters. The van der Waals surface area contributed by atoms with Gasteiger partial charge in [0.05, 0.1) is 6.20 Å². The third-order valence-electron chi connectivity index (χ3n) is 2.32. The molecule has 3 aromatic heterocycles. The van der Waals surface area contributed by atoms with Crippen LogP contribution in [0, 0.1) is 0 Å². The molecule has 0 N–H and O–H groups in total. The Morgan fingerprint density at radius 2 is 2.06 bits per heavy atom. The van der Waals surface area contributed by atoms with E-state index in [1.54, 1.807) is 23.1 Å². The summed E-state index contributed by atoms with van der Waals surface area (Å²) in [6.07, 6.45) is 7.23. The van der Waals surface area contributed by atoms with Gasteiger partial charge in [-0.15, -0.1) is 0 Å². The summed E-state index contributed by atoms with van der Waals surface area (Å²) in [6, 6.07) is 5.74. The van der Waals surface area contributed by atoms with Crippen molar-refractivity contribution < 1.29 is 0 Å². The Balaban J connectivity index is 2.22. The van der Waals surface area contributed by atoms with E-state index in [1.165, 1.54) is 0 Å². The Kier molecular flexibility index (Phi) is 2.18. The zero-order chi connectivity index (χ0) is 11.0. The predicted molar refractivity (Wildman–Crippen MR) is 63.9 cm³/mol. The molecule has 3 rings (SSSR count). The van der Waals surface area contributed by atoms with Crippen LogP contribution in [0.1, 0.15) is 0 Å². The number of pyridine rings is 1. The van der Waals surface area contributed by atoms with E-state index in [2.05, 4.69) is 31.0 Å². The molecule has 0 aliphatic carbocycles. The maximum absolute atomic E-state index is 4.30. The number of hydrogen-bond acceptors (Lipinski definition) is 3. The highest BCUT2D eigenvalue weighted by Gasteiger charge is 2.06. The molecule has 0 atom stereocenters. The van der Waals surface area contributed by atoms with Crippen LogP contribution < -0.4 is 0 Å². The maximum atomic E-state index is 4.30. The molecule has 0 aliphatic rings. The second kappa shape index (κ2) is 3.68. The van der Waals surface area contributed by atoms with Gasteiger partial charge in [0.15, 0.2) is 5.65 Å². The van der Waals surface area contributed by atoms with Crippen molar-refractivity contribution in [2.45, 2.75) is 0 Å². The van der Waals surface area contributed by atoms with Crippen molar-refractivity contribution in [3.8, 4) is 11.1 Å². The van der Waals surface area contributed by atoms with E-state index in [1.807, 2.05) is 24.4 Å². The lowest BCUT2D eigenvalue weighted by Gasteiger charge is -1.97. The normalized spacial score (nSPS) is 10.8. The van der Waals surface area contributed by atoms with Gasteiger partial charge in [-0.25, -0.2) is 14.5 Å². The van der Waals surface area contributed by atoms with Gasteiger partial charge in [-0.2, -0.15) is 5.10 Å². The quantitative estimate of drug-likeness (QED) is 0.641. The van der Waals surface area contributed by atoms with Gasteiger partial charge in [0.1, 0.15) is 4.60 Å². The molecule has 0 amide bonds. The first-order valence-corrected chi connectivity index (χ1v) is 5.54. The van der Waals surface area contributed by atoms with Gasteiger partial charge >= 0.3 is 0 Å². The van der Waals surface area contributed by atoms with Crippen molar-refractivity contribution in [2.24, 2.45) is 0 Å². The summed E-state index contributed by atoms with van der Waals surface area (Å²) < 4.78 is 2.57. The Hall–Kier alpha value is -1.75. The molecule has 0 fully saturated rings. The van der Waals surface area contributed by atoms with Crippen molar-refractivity contribution >= 4 is 21.6 Å². The van der Waals surface area contributed by atoms with Gasteiger partial charge in [0.2, 0.25) is 0 Å². The van der Waals surface area contributed by atoms with Crippen molar-refractivity contribution in [3.05, 3.63) is 47.6 Å². The van der Waals surface area contributed by atoms with Crippen molar-refractivity contribution in [3.63, 3.8) is 0 Å². The Bertz CT molecular complexity index is 630. The van der Waals surface area contributed by atoms with Crippen LogP contribution in [0.3, 0.4) is 0 Å². The van der Waals surface area contributed by atoms with Crippen LogP contribution in [0.15, 0.2) is 47.6 Å². The van der Waals surface area contributed by atoms with Crippen LogP contribution in [0.25, 0.3) is 16.8 Å². The monoisotopic (exact) mass is 274 g/mol. The van der Waals surface area contributed by atoms with Crippen LogP contribution >= 0.6 is 15.9 Å². The number of nitrogens with zero attached hydrogens (tertiary/aromatic N) is 4. The lowest BCUT2D eigenvalue weighted by atomic mass is 10.1. The minimum Gasteiger partial charge on any atom is -0.249 e. The van der Waals surface area contributed by atoms with Crippen molar-refractivity contribution in [1.29, 1.82) is 0 Å². The molecule has 4 nitrogen and oxygen atoms in total. The fourth-order valence-electron chi connectivity index (χ4n) is 1.57. The molecular weight excluding hydrogens is 268 g/mol.